The lowest BCUT2D eigenvalue weighted by Crippen LogP contribution is -2.27. The number of aromatic nitrogens is 2. The first-order chi connectivity index (χ1) is 9.07. The van der Waals surface area contributed by atoms with Crippen molar-refractivity contribution in [3.63, 3.8) is 0 Å². The van der Waals surface area contributed by atoms with Gasteiger partial charge in [0.15, 0.2) is 5.69 Å². The molecule has 19 heavy (non-hydrogen) atoms. The molecule has 2 aliphatic rings. The van der Waals surface area contributed by atoms with Gasteiger partial charge in [-0.2, -0.15) is 18.3 Å². The van der Waals surface area contributed by atoms with Crippen LogP contribution in [0.1, 0.15) is 55.1 Å². The van der Waals surface area contributed by atoms with E-state index in [1.165, 1.54) is 6.42 Å². The third kappa shape index (κ3) is 2.38. The lowest BCUT2D eigenvalue weighted by atomic mass is 9.95. The number of alkyl halides is 3. The summed E-state index contributed by atoms with van der Waals surface area (Å²) in [7, 11) is 0. The Hall–Kier alpha value is -1.04. The molecule has 0 bridgehead atoms. The SMILES string of the molecule is FC(F)(F)c1nn(C2CCCCC2)c2c1CCNC2. The molecule has 3 nitrogen and oxygen atoms in total. The molecule has 1 aromatic rings. The van der Waals surface area contributed by atoms with Gasteiger partial charge < -0.3 is 5.32 Å². The summed E-state index contributed by atoms with van der Waals surface area (Å²) in [6.07, 6.45) is 1.36. The molecule has 1 aliphatic heterocycles. The Kier molecular flexibility index (Phi) is 3.28. The zero-order chi connectivity index (χ0) is 13.5. The van der Waals surface area contributed by atoms with Gasteiger partial charge in [-0.3, -0.25) is 4.68 Å². The minimum absolute atomic E-state index is 0.151. The highest BCUT2D eigenvalue weighted by Gasteiger charge is 2.40. The fraction of sp³-hybridized carbons (Fsp3) is 0.769. The Morgan fingerprint density at radius 2 is 1.89 bits per heavy atom. The number of fused-ring (bicyclic) bond motifs is 1. The lowest BCUT2D eigenvalue weighted by molar-refractivity contribution is -0.142. The molecule has 0 spiro atoms. The summed E-state index contributed by atoms with van der Waals surface area (Å²) in [6, 6.07) is 0.151. The molecule has 6 heteroatoms. The van der Waals surface area contributed by atoms with Crippen molar-refractivity contribution in [2.24, 2.45) is 0 Å². The average Bonchev–Trinajstić information content (AvgIpc) is 2.79. The number of rotatable bonds is 1. The molecule has 1 saturated carbocycles. The number of hydrogen-bond acceptors (Lipinski definition) is 2. The van der Waals surface area contributed by atoms with Crippen molar-refractivity contribution in [3.8, 4) is 0 Å². The van der Waals surface area contributed by atoms with E-state index in [4.69, 9.17) is 0 Å². The quantitative estimate of drug-likeness (QED) is 0.852. The van der Waals surface area contributed by atoms with Crippen LogP contribution in [0.15, 0.2) is 0 Å². The van der Waals surface area contributed by atoms with E-state index in [2.05, 4.69) is 10.4 Å². The second-order valence-electron chi connectivity index (χ2n) is 5.43. The minimum Gasteiger partial charge on any atom is -0.311 e. The van der Waals surface area contributed by atoms with Crippen molar-refractivity contribution in [2.75, 3.05) is 6.54 Å². The van der Waals surface area contributed by atoms with E-state index in [1.807, 2.05) is 0 Å². The van der Waals surface area contributed by atoms with Crippen LogP contribution in [0, 0.1) is 0 Å². The van der Waals surface area contributed by atoms with Crippen LogP contribution < -0.4 is 5.32 Å². The van der Waals surface area contributed by atoms with Gasteiger partial charge in [-0.1, -0.05) is 19.3 Å². The molecule has 1 N–H and O–H groups in total. The van der Waals surface area contributed by atoms with Crippen molar-refractivity contribution >= 4 is 0 Å². The predicted octanol–water partition coefficient (Wildman–Crippen LogP) is 3.05. The Bertz CT molecular complexity index is 458. The van der Waals surface area contributed by atoms with Gasteiger partial charge in [0.2, 0.25) is 0 Å². The van der Waals surface area contributed by atoms with Gasteiger partial charge in [-0.25, -0.2) is 0 Å². The van der Waals surface area contributed by atoms with Gasteiger partial charge in [0.25, 0.3) is 0 Å². The van der Waals surface area contributed by atoms with Crippen molar-refractivity contribution in [1.29, 1.82) is 0 Å². The smallest absolute Gasteiger partial charge is 0.311 e. The van der Waals surface area contributed by atoms with Gasteiger partial charge in [0.05, 0.1) is 11.7 Å². The standard InChI is InChI=1S/C13H18F3N3/c14-13(15,16)12-10-6-7-17-8-11(10)19(18-12)9-4-2-1-3-5-9/h9,17H,1-8H2. The van der Waals surface area contributed by atoms with Crippen LogP contribution in [0.25, 0.3) is 0 Å². The van der Waals surface area contributed by atoms with E-state index in [-0.39, 0.29) is 6.04 Å². The van der Waals surface area contributed by atoms with E-state index in [0.29, 0.717) is 25.1 Å². The number of nitrogens with one attached hydrogen (secondary N) is 1. The highest BCUT2D eigenvalue weighted by atomic mass is 19.4. The normalized spacial score (nSPS) is 21.4. The first-order valence-electron chi connectivity index (χ1n) is 6.95. The summed E-state index contributed by atoms with van der Waals surface area (Å²) in [4.78, 5) is 0. The Morgan fingerprint density at radius 3 is 2.58 bits per heavy atom. The third-order valence-corrected chi connectivity index (χ3v) is 4.15. The second kappa shape index (κ2) is 4.81. The van der Waals surface area contributed by atoms with E-state index in [1.54, 1.807) is 4.68 Å². The largest absolute Gasteiger partial charge is 0.435 e. The fourth-order valence-corrected chi connectivity index (χ4v) is 3.23. The number of nitrogens with zero attached hydrogens (tertiary/aromatic N) is 2. The second-order valence-corrected chi connectivity index (χ2v) is 5.43. The molecule has 1 fully saturated rings. The van der Waals surface area contributed by atoms with Crippen LogP contribution in [-0.4, -0.2) is 16.3 Å². The molecule has 0 unspecified atom stereocenters. The third-order valence-electron chi connectivity index (χ3n) is 4.15. The molecule has 0 saturated heterocycles. The molecule has 0 aromatic carbocycles. The molecule has 0 amide bonds. The minimum atomic E-state index is -4.33. The summed E-state index contributed by atoms with van der Waals surface area (Å²) in [5.41, 5.74) is 0.511. The van der Waals surface area contributed by atoms with E-state index in [0.717, 1.165) is 31.4 Å². The predicted molar refractivity (Wildman–Crippen MR) is 64.8 cm³/mol. The van der Waals surface area contributed by atoms with Gasteiger partial charge in [0, 0.05) is 12.1 Å². The van der Waals surface area contributed by atoms with Gasteiger partial charge >= 0.3 is 6.18 Å². The Morgan fingerprint density at radius 1 is 1.16 bits per heavy atom. The zero-order valence-electron chi connectivity index (χ0n) is 10.8. The van der Waals surface area contributed by atoms with Crippen LogP contribution in [0.4, 0.5) is 13.2 Å². The van der Waals surface area contributed by atoms with Crippen molar-refractivity contribution in [3.05, 3.63) is 17.0 Å². The van der Waals surface area contributed by atoms with Crippen molar-refractivity contribution < 1.29 is 13.2 Å². The first-order valence-corrected chi connectivity index (χ1v) is 6.95. The fourth-order valence-electron chi connectivity index (χ4n) is 3.23. The zero-order valence-corrected chi connectivity index (χ0v) is 10.8. The summed E-state index contributed by atoms with van der Waals surface area (Å²) < 4.78 is 40.9. The molecular formula is C13H18F3N3. The van der Waals surface area contributed by atoms with Crippen LogP contribution in [-0.2, 0) is 19.1 Å². The van der Waals surface area contributed by atoms with Crippen LogP contribution in [0.3, 0.4) is 0 Å². The van der Waals surface area contributed by atoms with E-state index in [9.17, 15) is 13.2 Å². The molecule has 0 atom stereocenters. The van der Waals surface area contributed by atoms with Crippen LogP contribution in [0.5, 0.6) is 0 Å². The molecular weight excluding hydrogens is 255 g/mol. The number of hydrogen-bond donors (Lipinski definition) is 1. The van der Waals surface area contributed by atoms with E-state index >= 15 is 0 Å². The summed E-state index contributed by atoms with van der Waals surface area (Å²) in [5, 5.41) is 7.10. The molecule has 106 valence electrons. The van der Waals surface area contributed by atoms with Crippen LogP contribution >= 0.6 is 0 Å². The van der Waals surface area contributed by atoms with Gasteiger partial charge in [0.1, 0.15) is 0 Å². The van der Waals surface area contributed by atoms with Gasteiger partial charge in [-0.15, -0.1) is 0 Å². The molecule has 0 radical (unpaired) electrons. The summed E-state index contributed by atoms with van der Waals surface area (Å²) in [6.45, 7) is 1.11. The summed E-state index contributed by atoms with van der Waals surface area (Å²) in [5.74, 6) is 0. The highest BCUT2D eigenvalue weighted by molar-refractivity contribution is 5.31. The first kappa shape index (κ1) is 13.0. The molecule has 2 heterocycles. The lowest BCUT2D eigenvalue weighted by Gasteiger charge is -2.25. The molecule has 1 aromatic heterocycles. The maximum Gasteiger partial charge on any atom is 0.435 e. The molecule has 1 aliphatic carbocycles. The highest BCUT2D eigenvalue weighted by Crippen LogP contribution is 2.37. The summed E-state index contributed by atoms with van der Waals surface area (Å²) >= 11 is 0. The maximum atomic E-state index is 13.1. The Balaban J connectivity index is 2.01. The van der Waals surface area contributed by atoms with Crippen molar-refractivity contribution in [1.82, 2.24) is 15.1 Å². The average molecular weight is 273 g/mol. The van der Waals surface area contributed by atoms with E-state index < -0.39 is 11.9 Å². The number of halogens is 3. The maximum absolute atomic E-state index is 13.1. The Labute approximate surface area is 110 Å². The topological polar surface area (TPSA) is 29.9 Å². The van der Waals surface area contributed by atoms with Crippen LogP contribution in [0.2, 0.25) is 0 Å². The monoisotopic (exact) mass is 273 g/mol. The molecule has 3 rings (SSSR count). The van der Waals surface area contributed by atoms with Gasteiger partial charge in [-0.05, 0) is 25.8 Å². The van der Waals surface area contributed by atoms with Crippen molar-refractivity contribution in [2.45, 2.75) is 57.3 Å².